The fraction of sp³-hybridized carbons (Fsp3) is 0.938. The highest BCUT2D eigenvalue weighted by atomic mass is 16.2. The molecular formula is C16H30N2O. The average molecular weight is 266 g/mol. The number of hydrogen-bond donors (Lipinski definition) is 1. The van der Waals surface area contributed by atoms with Crippen LogP contribution in [0.25, 0.3) is 0 Å². The molecule has 1 N–H and O–H groups in total. The molecule has 1 aliphatic heterocycles. The van der Waals surface area contributed by atoms with Gasteiger partial charge in [0.1, 0.15) is 0 Å². The molecule has 0 aromatic carbocycles. The summed E-state index contributed by atoms with van der Waals surface area (Å²) in [5.41, 5.74) is 0. The second-order valence-corrected chi connectivity index (χ2v) is 6.91. The van der Waals surface area contributed by atoms with Gasteiger partial charge in [-0.1, -0.05) is 33.1 Å². The molecule has 2 rings (SSSR count). The first-order valence-corrected chi connectivity index (χ1v) is 8.09. The minimum Gasteiger partial charge on any atom is -0.323 e. The van der Waals surface area contributed by atoms with Gasteiger partial charge in [-0.15, -0.1) is 0 Å². The molecule has 0 bridgehead atoms. The van der Waals surface area contributed by atoms with Crippen LogP contribution in [0.4, 0.5) is 0 Å². The summed E-state index contributed by atoms with van der Waals surface area (Å²) in [5.74, 6) is 1.61. The van der Waals surface area contributed by atoms with E-state index in [9.17, 15) is 4.79 Å². The van der Waals surface area contributed by atoms with Crippen molar-refractivity contribution in [1.29, 1.82) is 0 Å². The van der Waals surface area contributed by atoms with E-state index in [1.165, 1.54) is 32.1 Å². The number of carbonyl (C=O) groups is 1. The molecule has 0 spiro atoms. The summed E-state index contributed by atoms with van der Waals surface area (Å²) in [7, 11) is 0. The molecule has 1 heterocycles. The Labute approximate surface area is 118 Å². The van der Waals surface area contributed by atoms with E-state index >= 15 is 0 Å². The Kier molecular flexibility index (Phi) is 4.88. The smallest absolute Gasteiger partial charge is 0.241 e. The van der Waals surface area contributed by atoms with Crippen molar-refractivity contribution in [2.75, 3.05) is 0 Å². The summed E-state index contributed by atoms with van der Waals surface area (Å²) in [4.78, 5) is 14.7. The third kappa shape index (κ3) is 3.31. The van der Waals surface area contributed by atoms with E-state index < -0.39 is 0 Å². The van der Waals surface area contributed by atoms with Gasteiger partial charge < -0.3 is 4.90 Å². The third-order valence-electron chi connectivity index (χ3n) is 4.89. The van der Waals surface area contributed by atoms with Gasteiger partial charge in [-0.3, -0.25) is 10.1 Å². The highest BCUT2D eigenvalue weighted by molar-refractivity contribution is 5.84. The third-order valence-corrected chi connectivity index (χ3v) is 4.89. The molecule has 1 saturated heterocycles. The van der Waals surface area contributed by atoms with Gasteiger partial charge in [0, 0.05) is 6.04 Å². The van der Waals surface area contributed by atoms with Crippen molar-refractivity contribution in [2.24, 2.45) is 11.8 Å². The minimum atomic E-state index is 0.0426. The van der Waals surface area contributed by atoms with Crippen molar-refractivity contribution in [1.82, 2.24) is 10.2 Å². The fourth-order valence-electron chi connectivity index (χ4n) is 3.85. The highest BCUT2D eigenvalue weighted by Gasteiger charge is 2.41. The molecule has 3 unspecified atom stereocenters. The van der Waals surface area contributed by atoms with Crippen LogP contribution in [0.2, 0.25) is 0 Å². The molecule has 2 fully saturated rings. The normalized spacial score (nSPS) is 31.2. The van der Waals surface area contributed by atoms with Crippen molar-refractivity contribution in [3.63, 3.8) is 0 Å². The zero-order valence-electron chi connectivity index (χ0n) is 13.0. The lowest BCUT2D eigenvalue weighted by molar-refractivity contribution is -0.133. The van der Waals surface area contributed by atoms with Crippen LogP contribution in [0, 0.1) is 11.8 Å². The van der Waals surface area contributed by atoms with Crippen LogP contribution in [0.5, 0.6) is 0 Å². The molecule has 19 heavy (non-hydrogen) atoms. The van der Waals surface area contributed by atoms with Crippen molar-refractivity contribution < 1.29 is 4.79 Å². The summed E-state index contributed by atoms with van der Waals surface area (Å²) >= 11 is 0. The van der Waals surface area contributed by atoms with Gasteiger partial charge in [-0.05, 0) is 44.9 Å². The second-order valence-electron chi connectivity index (χ2n) is 6.91. The van der Waals surface area contributed by atoms with E-state index in [1.807, 2.05) is 0 Å². The van der Waals surface area contributed by atoms with Gasteiger partial charge in [-0.2, -0.15) is 0 Å². The van der Waals surface area contributed by atoms with E-state index in [-0.39, 0.29) is 12.2 Å². The molecule has 1 amide bonds. The minimum absolute atomic E-state index is 0.0426. The number of nitrogens with one attached hydrogen (secondary N) is 1. The van der Waals surface area contributed by atoms with Crippen molar-refractivity contribution >= 4 is 5.91 Å². The van der Waals surface area contributed by atoms with E-state index in [0.29, 0.717) is 23.8 Å². The van der Waals surface area contributed by atoms with Crippen LogP contribution in [-0.4, -0.2) is 29.1 Å². The lowest BCUT2D eigenvalue weighted by Gasteiger charge is -2.36. The predicted molar refractivity (Wildman–Crippen MR) is 78.7 cm³/mol. The zero-order valence-corrected chi connectivity index (χ0v) is 13.0. The van der Waals surface area contributed by atoms with Crippen LogP contribution < -0.4 is 5.32 Å². The summed E-state index contributed by atoms with van der Waals surface area (Å²) in [5, 5.41) is 3.48. The second kappa shape index (κ2) is 6.25. The molecule has 3 nitrogen and oxygen atoms in total. The average Bonchev–Trinajstić information content (AvgIpc) is 2.64. The van der Waals surface area contributed by atoms with Gasteiger partial charge in [0.25, 0.3) is 0 Å². The van der Waals surface area contributed by atoms with Gasteiger partial charge in [-0.25, -0.2) is 0 Å². The highest BCUT2D eigenvalue weighted by Crippen LogP contribution is 2.31. The fourth-order valence-corrected chi connectivity index (χ4v) is 3.85. The number of nitrogens with zero attached hydrogens (tertiary/aromatic N) is 1. The van der Waals surface area contributed by atoms with Crippen LogP contribution >= 0.6 is 0 Å². The number of carbonyl (C=O) groups excluding carboxylic acids is 1. The molecule has 110 valence electrons. The Morgan fingerprint density at radius 1 is 1.21 bits per heavy atom. The maximum absolute atomic E-state index is 12.6. The maximum Gasteiger partial charge on any atom is 0.241 e. The largest absolute Gasteiger partial charge is 0.323 e. The Balaban J connectivity index is 2.00. The Morgan fingerprint density at radius 2 is 1.84 bits per heavy atom. The van der Waals surface area contributed by atoms with Crippen LogP contribution in [-0.2, 0) is 4.79 Å². The Bertz CT molecular complexity index is 310. The summed E-state index contributed by atoms with van der Waals surface area (Å²) < 4.78 is 0. The molecule has 1 saturated carbocycles. The maximum atomic E-state index is 12.6. The Hall–Kier alpha value is -0.570. The quantitative estimate of drug-likeness (QED) is 0.848. The van der Waals surface area contributed by atoms with Crippen molar-refractivity contribution in [3.8, 4) is 0 Å². The van der Waals surface area contributed by atoms with Crippen molar-refractivity contribution in [3.05, 3.63) is 0 Å². The lowest BCUT2D eigenvalue weighted by atomic mass is 9.84. The number of rotatable bonds is 4. The monoisotopic (exact) mass is 266 g/mol. The summed E-state index contributed by atoms with van der Waals surface area (Å²) in [6, 6.07) is 0.438. The van der Waals surface area contributed by atoms with E-state index in [0.717, 1.165) is 6.42 Å². The molecule has 3 heteroatoms. The number of hydrogen-bond acceptors (Lipinski definition) is 2. The Morgan fingerprint density at radius 3 is 2.42 bits per heavy atom. The van der Waals surface area contributed by atoms with Crippen LogP contribution in [0.3, 0.4) is 0 Å². The van der Waals surface area contributed by atoms with Gasteiger partial charge in [0.15, 0.2) is 0 Å². The summed E-state index contributed by atoms with van der Waals surface area (Å²) in [6.45, 7) is 8.76. The lowest BCUT2D eigenvalue weighted by Crippen LogP contribution is -2.45. The first kappa shape index (κ1) is 14.8. The van der Waals surface area contributed by atoms with Gasteiger partial charge >= 0.3 is 0 Å². The summed E-state index contributed by atoms with van der Waals surface area (Å²) in [6.07, 6.45) is 7.81. The van der Waals surface area contributed by atoms with Crippen LogP contribution in [0.1, 0.15) is 66.2 Å². The topological polar surface area (TPSA) is 32.3 Å². The van der Waals surface area contributed by atoms with E-state index in [4.69, 9.17) is 0 Å². The van der Waals surface area contributed by atoms with E-state index in [1.54, 1.807) is 0 Å². The SMILES string of the molecule is CC(C)CC1NC(C)N(C(C)C2CCCCC2)C1=O. The van der Waals surface area contributed by atoms with Gasteiger partial charge in [0.2, 0.25) is 5.91 Å². The standard InChI is InChI=1S/C16H30N2O/c1-11(2)10-15-16(19)18(13(4)17-15)12(3)14-8-6-5-7-9-14/h11-15,17H,5-10H2,1-4H3. The van der Waals surface area contributed by atoms with Gasteiger partial charge in [0.05, 0.1) is 12.2 Å². The molecule has 2 aliphatic rings. The predicted octanol–water partition coefficient (Wildman–Crippen LogP) is 3.15. The first-order valence-electron chi connectivity index (χ1n) is 8.09. The zero-order chi connectivity index (χ0) is 14.0. The molecule has 1 aliphatic carbocycles. The first-order chi connectivity index (χ1) is 9.00. The molecular weight excluding hydrogens is 236 g/mol. The van der Waals surface area contributed by atoms with E-state index in [2.05, 4.69) is 37.9 Å². The molecule has 0 radical (unpaired) electrons. The van der Waals surface area contributed by atoms with Crippen molar-refractivity contribution in [2.45, 2.75) is 84.5 Å². The molecule has 3 atom stereocenters. The molecule has 0 aromatic rings. The number of amides is 1. The van der Waals surface area contributed by atoms with Crippen LogP contribution in [0.15, 0.2) is 0 Å². The molecule has 0 aromatic heterocycles.